The zero-order chi connectivity index (χ0) is 16.5. The van der Waals surface area contributed by atoms with Gasteiger partial charge >= 0.3 is 5.97 Å². The Morgan fingerprint density at radius 3 is 2.48 bits per heavy atom. The van der Waals surface area contributed by atoms with Crippen LogP contribution in [-0.4, -0.2) is 25.6 Å². The Balaban J connectivity index is 1.63. The van der Waals surface area contributed by atoms with Gasteiger partial charge in [0, 0.05) is 12.1 Å². The molecule has 0 atom stereocenters. The summed E-state index contributed by atoms with van der Waals surface area (Å²) in [6, 6.07) is 6.99. The number of anilines is 1. The predicted octanol–water partition coefficient (Wildman–Crippen LogP) is 3.54. The first-order valence-electron chi connectivity index (χ1n) is 8.27. The molecule has 1 aliphatic rings. The summed E-state index contributed by atoms with van der Waals surface area (Å²) in [5.41, 5.74) is 0.647. The minimum Gasteiger partial charge on any atom is -0.497 e. The van der Waals surface area contributed by atoms with Crippen molar-refractivity contribution < 1.29 is 19.1 Å². The van der Waals surface area contributed by atoms with Crippen molar-refractivity contribution in [1.82, 2.24) is 0 Å². The minimum atomic E-state index is -0.332. The topological polar surface area (TPSA) is 64.6 Å². The predicted molar refractivity (Wildman–Crippen MR) is 88.4 cm³/mol. The minimum absolute atomic E-state index is 0.241. The maximum absolute atomic E-state index is 11.8. The van der Waals surface area contributed by atoms with Crippen LogP contribution in [0, 0.1) is 5.92 Å². The first kappa shape index (κ1) is 17.3. The quantitative estimate of drug-likeness (QED) is 0.781. The number of hydrogen-bond acceptors (Lipinski definition) is 4. The second-order valence-electron chi connectivity index (χ2n) is 5.98. The van der Waals surface area contributed by atoms with Gasteiger partial charge in [-0.2, -0.15) is 0 Å². The van der Waals surface area contributed by atoms with Crippen LogP contribution in [0.15, 0.2) is 24.3 Å². The summed E-state index contributed by atoms with van der Waals surface area (Å²) < 4.78 is 10.1. The Bertz CT molecular complexity index is 506. The van der Waals surface area contributed by atoms with E-state index in [1.807, 2.05) is 0 Å². The summed E-state index contributed by atoms with van der Waals surface area (Å²) in [5, 5.41) is 2.68. The number of amides is 1. The highest BCUT2D eigenvalue weighted by Crippen LogP contribution is 2.27. The van der Waals surface area contributed by atoms with Crippen molar-refractivity contribution in [2.24, 2.45) is 5.92 Å². The van der Waals surface area contributed by atoms with Gasteiger partial charge in [0.1, 0.15) is 5.75 Å². The van der Waals surface area contributed by atoms with Crippen molar-refractivity contribution >= 4 is 17.6 Å². The van der Waals surface area contributed by atoms with Gasteiger partial charge in [-0.25, -0.2) is 0 Å². The summed E-state index contributed by atoms with van der Waals surface area (Å²) in [7, 11) is 1.58. The van der Waals surface area contributed by atoms with Crippen LogP contribution in [0.5, 0.6) is 5.75 Å². The van der Waals surface area contributed by atoms with Gasteiger partial charge in [-0.05, 0) is 36.6 Å². The maximum atomic E-state index is 11.8. The Hall–Kier alpha value is -2.04. The van der Waals surface area contributed by atoms with E-state index in [1.54, 1.807) is 31.4 Å². The van der Waals surface area contributed by atoms with Crippen LogP contribution >= 0.6 is 0 Å². The van der Waals surface area contributed by atoms with Gasteiger partial charge in [-0.1, -0.05) is 32.1 Å². The van der Waals surface area contributed by atoms with Crippen LogP contribution in [0.4, 0.5) is 5.69 Å². The van der Waals surface area contributed by atoms with Crippen LogP contribution < -0.4 is 10.1 Å². The molecule has 1 N–H and O–H groups in total. The van der Waals surface area contributed by atoms with Crippen molar-refractivity contribution in [3.63, 3.8) is 0 Å². The highest BCUT2D eigenvalue weighted by Gasteiger charge is 2.16. The van der Waals surface area contributed by atoms with E-state index in [1.165, 1.54) is 32.1 Å². The van der Waals surface area contributed by atoms with Crippen LogP contribution in [0.1, 0.15) is 44.9 Å². The molecule has 1 saturated carbocycles. The number of carbonyl (C=O) groups is 2. The highest BCUT2D eigenvalue weighted by atomic mass is 16.5. The molecule has 126 valence electrons. The third-order valence-electron chi connectivity index (χ3n) is 4.22. The van der Waals surface area contributed by atoms with E-state index in [0.29, 0.717) is 18.0 Å². The largest absolute Gasteiger partial charge is 0.497 e. The summed E-state index contributed by atoms with van der Waals surface area (Å²) in [6.45, 7) is -0.241. The number of rotatable bonds is 7. The SMILES string of the molecule is COc1ccc(NC(=O)COC(=O)CCC2CCCCC2)cc1. The highest BCUT2D eigenvalue weighted by molar-refractivity contribution is 5.92. The molecule has 5 heteroatoms. The number of carbonyl (C=O) groups excluding carboxylic acids is 2. The summed E-state index contributed by atoms with van der Waals surface area (Å²) in [5.74, 6) is 0.739. The van der Waals surface area contributed by atoms with Crippen molar-refractivity contribution in [3.05, 3.63) is 24.3 Å². The van der Waals surface area contributed by atoms with Gasteiger partial charge in [-0.3, -0.25) is 9.59 Å². The average molecular weight is 319 g/mol. The molecule has 0 radical (unpaired) electrons. The van der Waals surface area contributed by atoms with Crippen LogP contribution in [0.3, 0.4) is 0 Å². The second-order valence-corrected chi connectivity index (χ2v) is 5.98. The van der Waals surface area contributed by atoms with E-state index in [4.69, 9.17) is 9.47 Å². The van der Waals surface area contributed by atoms with Crippen molar-refractivity contribution in [3.8, 4) is 5.75 Å². The number of hydrogen-bond donors (Lipinski definition) is 1. The Morgan fingerprint density at radius 1 is 1.13 bits per heavy atom. The zero-order valence-corrected chi connectivity index (χ0v) is 13.7. The number of esters is 1. The fourth-order valence-corrected chi connectivity index (χ4v) is 2.89. The second kappa shape index (κ2) is 9.18. The molecule has 0 heterocycles. The smallest absolute Gasteiger partial charge is 0.306 e. The molecular weight excluding hydrogens is 294 g/mol. The maximum Gasteiger partial charge on any atom is 0.306 e. The molecule has 0 unspecified atom stereocenters. The molecule has 1 aliphatic carbocycles. The molecule has 1 amide bonds. The molecular formula is C18H25NO4. The molecule has 0 spiro atoms. The Labute approximate surface area is 137 Å². The van der Waals surface area contributed by atoms with Gasteiger partial charge in [0.15, 0.2) is 6.61 Å². The lowest BCUT2D eigenvalue weighted by atomic mass is 9.86. The summed E-state index contributed by atoms with van der Waals surface area (Å²) in [4.78, 5) is 23.5. The molecule has 0 aromatic heterocycles. The first-order valence-corrected chi connectivity index (χ1v) is 8.27. The first-order chi connectivity index (χ1) is 11.2. The molecule has 0 aliphatic heterocycles. The molecule has 5 nitrogen and oxygen atoms in total. The zero-order valence-electron chi connectivity index (χ0n) is 13.7. The fraction of sp³-hybridized carbons (Fsp3) is 0.556. The normalized spacial score (nSPS) is 15.0. The molecule has 0 saturated heterocycles. The van der Waals surface area contributed by atoms with Gasteiger partial charge in [0.2, 0.25) is 0 Å². The number of benzene rings is 1. The van der Waals surface area contributed by atoms with Crippen LogP contribution in [-0.2, 0) is 14.3 Å². The number of methoxy groups -OCH3 is 1. The molecule has 1 aromatic carbocycles. The summed E-state index contributed by atoms with van der Waals surface area (Å²) >= 11 is 0. The molecule has 2 rings (SSSR count). The van der Waals surface area contributed by atoms with Crippen molar-refractivity contribution in [2.45, 2.75) is 44.9 Å². The Morgan fingerprint density at radius 2 is 1.83 bits per heavy atom. The van der Waals surface area contributed by atoms with Gasteiger partial charge < -0.3 is 14.8 Å². The standard InChI is InChI=1S/C18H25NO4/c1-22-16-10-8-15(9-11-16)19-17(20)13-23-18(21)12-7-14-5-3-2-4-6-14/h8-11,14H,2-7,12-13H2,1H3,(H,19,20). The molecule has 0 bridgehead atoms. The lowest BCUT2D eigenvalue weighted by Crippen LogP contribution is -2.21. The van der Waals surface area contributed by atoms with E-state index >= 15 is 0 Å². The van der Waals surface area contributed by atoms with E-state index in [-0.39, 0.29) is 18.5 Å². The van der Waals surface area contributed by atoms with Gasteiger partial charge in [-0.15, -0.1) is 0 Å². The lowest BCUT2D eigenvalue weighted by molar-refractivity contribution is -0.147. The van der Waals surface area contributed by atoms with E-state index < -0.39 is 0 Å². The van der Waals surface area contributed by atoms with Gasteiger partial charge in [0.05, 0.1) is 7.11 Å². The third kappa shape index (κ3) is 6.30. The van der Waals surface area contributed by atoms with Crippen molar-refractivity contribution in [1.29, 1.82) is 0 Å². The molecule has 23 heavy (non-hydrogen) atoms. The average Bonchev–Trinajstić information content (AvgIpc) is 2.60. The van der Waals surface area contributed by atoms with Crippen molar-refractivity contribution in [2.75, 3.05) is 19.0 Å². The van der Waals surface area contributed by atoms with Crippen LogP contribution in [0.2, 0.25) is 0 Å². The lowest BCUT2D eigenvalue weighted by Gasteiger charge is -2.20. The summed E-state index contributed by atoms with van der Waals surface area (Å²) in [6.07, 6.45) is 7.55. The van der Waals surface area contributed by atoms with E-state index in [2.05, 4.69) is 5.32 Å². The number of nitrogens with one attached hydrogen (secondary N) is 1. The molecule has 1 aromatic rings. The number of ether oxygens (including phenoxy) is 2. The third-order valence-corrected chi connectivity index (χ3v) is 4.22. The molecule has 1 fully saturated rings. The monoisotopic (exact) mass is 319 g/mol. The fourth-order valence-electron chi connectivity index (χ4n) is 2.89. The van der Waals surface area contributed by atoms with Gasteiger partial charge in [0.25, 0.3) is 5.91 Å². The Kier molecular flexibility index (Phi) is 6.91. The van der Waals surface area contributed by atoms with Crippen LogP contribution in [0.25, 0.3) is 0 Å². The van der Waals surface area contributed by atoms with E-state index in [9.17, 15) is 9.59 Å². The van der Waals surface area contributed by atoms with E-state index in [0.717, 1.165) is 12.2 Å².